The lowest BCUT2D eigenvalue weighted by atomic mass is 9.77. The van der Waals surface area contributed by atoms with Gasteiger partial charge in [-0.15, -0.1) is 11.3 Å². The van der Waals surface area contributed by atoms with Crippen molar-refractivity contribution < 1.29 is 14.6 Å². The van der Waals surface area contributed by atoms with Crippen LogP contribution in [0.2, 0.25) is 0 Å². The number of aliphatic hydroxyl groups is 1. The number of nitrogens with zero attached hydrogens (tertiary/aromatic N) is 1. The molecular formula is C26H41NO3S. The Labute approximate surface area is 192 Å². The Bertz CT molecular complexity index is 754. The minimum Gasteiger partial charge on any atom is -0.457 e. The van der Waals surface area contributed by atoms with Gasteiger partial charge in [0.25, 0.3) is 0 Å². The molecule has 0 fully saturated rings. The Balaban J connectivity index is 2.16. The van der Waals surface area contributed by atoms with E-state index in [1.54, 1.807) is 11.3 Å². The average Bonchev–Trinajstić information content (AvgIpc) is 3.12. The highest BCUT2D eigenvalue weighted by molar-refractivity contribution is 7.09. The van der Waals surface area contributed by atoms with Crippen molar-refractivity contribution in [3.8, 4) is 0 Å². The van der Waals surface area contributed by atoms with E-state index in [0.29, 0.717) is 24.2 Å². The summed E-state index contributed by atoms with van der Waals surface area (Å²) in [7, 11) is 0. The zero-order valence-electron chi connectivity index (χ0n) is 20.1. The number of carbonyl (C=O) groups excluding carboxylic acids is 1. The molecule has 1 aromatic heterocycles. The smallest absolute Gasteiger partial charge is 0.309 e. The van der Waals surface area contributed by atoms with Crippen LogP contribution in [0.15, 0.2) is 23.1 Å². The molecule has 1 N–H and O–H groups in total. The number of thiazole rings is 1. The lowest BCUT2D eigenvalue weighted by molar-refractivity contribution is -0.150. The molecule has 1 aliphatic rings. The number of aromatic nitrogens is 1. The van der Waals surface area contributed by atoms with Crippen molar-refractivity contribution in [3.63, 3.8) is 0 Å². The summed E-state index contributed by atoms with van der Waals surface area (Å²) in [5.41, 5.74) is 1.88. The molecule has 6 atom stereocenters. The Kier molecular flexibility index (Phi) is 10.4. The molecule has 0 aliphatic carbocycles. The fourth-order valence-electron chi connectivity index (χ4n) is 4.36. The maximum atomic E-state index is 12.7. The van der Waals surface area contributed by atoms with Gasteiger partial charge >= 0.3 is 5.97 Å². The SMILES string of the molecule is C/C(=C\c1csc(C)n1)C1C/C=C\CCC[C@H](C)[C@H](C)[C@@H](C)C[C@H](C)C(O)CC(=O)O1. The van der Waals surface area contributed by atoms with Gasteiger partial charge in [0.1, 0.15) is 6.10 Å². The molecular weight excluding hydrogens is 406 g/mol. The van der Waals surface area contributed by atoms with Crippen LogP contribution < -0.4 is 0 Å². The molecule has 31 heavy (non-hydrogen) atoms. The average molecular weight is 448 g/mol. The first kappa shape index (κ1) is 25.8. The fourth-order valence-corrected chi connectivity index (χ4v) is 4.93. The van der Waals surface area contributed by atoms with E-state index in [0.717, 1.165) is 29.1 Å². The number of hydrogen-bond acceptors (Lipinski definition) is 5. The maximum Gasteiger partial charge on any atom is 0.309 e. The van der Waals surface area contributed by atoms with Crippen molar-refractivity contribution in [3.05, 3.63) is 33.8 Å². The Morgan fingerprint density at radius 1 is 1.19 bits per heavy atom. The van der Waals surface area contributed by atoms with E-state index in [2.05, 4.69) is 37.9 Å². The van der Waals surface area contributed by atoms with E-state index in [9.17, 15) is 9.90 Å². The summed E-state index contributed by atoms with van der Waals surface area (Å²) in [4.78, 5) is 17.1. The number of hydrogen-bond donors (Lipinski definition) is 1. The third-order valence-corrected chi connectivity index (χ3v) is 7.70. The summed E-state index contributed by atoms with van der Waals surface area (Å²) in [6.07, 6.45) is 10.4. The molecule has 2 rings (SSSR count). The van der Waals surface area contributed by atoms with Crippen molar-refractivity contribution in [1.82, 2.24) is 4.98 Å². The summed E-state index contributed by atoms with van der Waals surface area (Å²) in [5, 5.41) is 13.7. The van der Waals surface area contributed by atoms with Crippen LogP contribution in [0, 0.1) is 30.6 Å². The molecule has 1 aliphatic heterocycles. The Hall–Kier alpha value is -1.46. The van der Waals surface area contributed by atoms with Crippen LogP contribution in [-0.2, 0) is 9.53 Å². The zero-order chi connectivity index (χ0) is 23.0. The van der Waals surface area contributed by atoms with Gasteiger partial charge in [-0.25, -0.2) is 4.98 Å². The second-order valence-corrected chi connectivity index (χ2v) is 10.7. The van der Waals surface area contributed by atoms with Crippen molar-refractivity contribution in [2.45, 2.75) is 92.3 Å². The van der Waals surface area contributed by atoms with Gasteiger partial charge in [-0.05, 0) is 68.4 Å². The van der Waals surface area contributed by atoms with Gasteiger partial charge < -0.3 is 9.84 Å². The highest BCUT2D eigenvalue weighted by atomic mass is 32.1. The molecule has 0 amide bonds. The van der Waals surface area contributed by atoms with Gasteiger partial charge in [0.2, 0.25) is 0 Å². The molecule has 2 unspecified atom stereocenters. The first-order valence-corrected chi connectivity index (χ1v) is 12.7. The van der Waals surface area contributed by atoms with Crippen LogP contribution in [0.25, 0.3) is 6.08 Å². The Morgan fingerprint density at radius 3 is 2.61 bits per heavy atom. The summed E-state index contributed by atoms with van der Waals surface area (Å²) < 4.78 is 5.83. The minimum atomic E-state index is -0.674. The molecule has 2 heterocycles. The number of allylic oxidation sites excluding steroid dienone is 1. The van der Waals surface area contributed by atoms with Crippen LogP contribution in [-0.4, -0.2) is 28.3 Å². The standard InChI is InChI=1S/C26H41NO3S/c1-17-11-9-7-8-10-12-25(20(4)14-23-16-31-22(6)27-23)30-26(29)15-24(28)19(3)13-18(2)21(17)5/h8,10,14,16-19,21,24-25,28H,7,9,11-13,15H2,1-6H3/b10-8-,20-14+/t17-,18-,19-,21-,24?,25?/m0/s1. The van der Waals surface area contributed by atoms with Gasteiger partial charge in [-0.3, -0.25) is 4.79 Å². The van der Waals surface area contributed by atoms with Crippen LogP contribution in [0.5, 0.6) is 0 Å². The third kappa shape index (κ3) is 8.53. The molecule has 0 saturated heterocycles. The lowest BCUT2D eigenvalue weighted by Crippen LogP contribution is -2.28. The summed E-state index contributed by atoms with van der Waals surface area (Å²) in [6, 6.07) is 0. The summed E-state index contributed by atoms with van der Waals surface area (Å²) >= 11 is 1.61. The molecule has 4 nitrogen and oxygen atoms in total. The van der Waals surface area contributed by atoms with E-state index in [1.165, 1.54) is 12.8 Å². The molecule has 1 aromatic rings. The molecule has 0 saturated carbocycles. The third-order valence-electron chi connectivity index (χ3n) is 6.91. The van der Waals surface area contributed by atoms with E-state index in [-0.39, 0.29) is 24.4 Å². The second kappa shape index (κ2) is 12.5. The molecule has 0 radical (unpaired) electrons. The highest BCUT2D eigenvalue weighted by Crippen LogP contribution is 2.31. The van der Waals surface area contributed by atoms with Gasteiger partial charge in [0.05, 0.1) is 23.2 Å². The normalized spacial score (nSPS) is 33.6. The highest BCUT2D eigenvalue weighted by Gasteiger charge is 2.26. The van der Waals surface area contributed by atoms with E-state index < -0.39 is 6.10 Å². The number of rotatable bonds is 2. The van der Waals surface area contributed by atoms with E-state index in [1.807, 2.05) is 32.2 Å². The monoisotopic (exact) mass is 447 g/mol. The zero-order valence-corrected chi connectivity index (χ0v) is 21.0. The molecule has 0 spiro atoms. The van der Waals surface area contributed by atoms with Crippen LogP contribution in [0.4, 0.5) is 0 Å². The fraction of sp³-hybridized carbons (Fsp3) is 0.692. The van der Waals surface area contributed by atoms with Gasteiger partial charge in [-0.2, -0.15) is 0 Å². The van der Waals surface area contributed by atoms with Crippen molar-refractivity contribution >= 4 is 23.4 Å². The second-order valence-electron chi connectivity index (χ2n) is 9.59. The number of aliphatic hydroxyl groups excluding tert-OH is 1. The van der Waals surface area contributed by atoms with Crippen molar-refractivity contribution in [2.24, 2.45) is 23.7 Å². The predicted octanol–water partition coefficient (Wildman–Crippen LogP) is 6.58. The maximum absolute atomic E-state index is 12.7. The van der Waals surface area contributed by atoms with Crippen molar-refractivity contribution in [1.29, 1.82) is 0 Å². The number of cyclic esters (lactones) is 1. The quantitative estimate of drug-likeness (QED) is 0.411. The number of carbonyl (C=O) groups is 1. The van der Waals surface area contributed by atoms with Crippen LogP contribution >= 0.6 is 11.3 Å². The minimum absolute atomic E-state index is 0.0428. The van der Waals surface area contributed by atoms with Gasteiger partial charge in [-0.1, -0.05) is 46.3 Å². The van der Waals surface area contributed by atoms with E-state index >= 15 is 0 Å². The molecule has 0 aromatic carbocycles. The first-order valence-electron chi connectivity index (χ1n) is 11.8. The van der Waals surface area contributed by atoms with Crippen LogP contribution in [0.1, 0.15) is 83.8 Å². The number of esters is 1. The van der Waals surface area contributed by atoms with E-state index in [4.69, 9.17) is 4.74 Å². The number of ether oxygens (including phenoxy) is 1. The lowest BCUT2D eigenvalue weighted by Gasteiger charge is -2.30. The largest absolute Gasteiger partial charge is 0.457 e. The van der Waals surface area contributed by atoms with Gasteiger partial charge in [0.15, 0.2) is 0 Å². The summed E-state index contributed by atoms with van der Waals surface area (Å²) in [6.45, 7) is 13.0. The first-order chi connectivity index (χ1) is 14.7. The van der Waals surface area contributed by atoms with Gasteiger partial charge in [0, 0.05) is 11.8 Å². The summed E-state index contributed by atoms with van der Waals surface area (Å²) in [5.74, 6) is 1.51. The van der Waals surface area contributed by atoms with Crippen molar-refractivity contribution in [2.75, 3.05) is 0 Å². The van der Waals surface area contributed by atoms with Crippen LogP contribution in [0.3, 0.4) is 0 Å². The Morgan fingerprint density at radius 2 is 1.94 bits per heavy atom. The topological polar surface area (TPSA) is 59.4 Å². The molecule has 174 valence electrons. The predicted molar refractivity (Wildman–Crippen MR) is 130 cm³/mol. The molecule has 0 bridgehead atoms. The molecule has 5 heteroatoms. The number of aryl methyl sites for hydroxylation is 1.